The minimum Gasteiger partial charge on any atom is -0.355 e. The minimum atomic E-state index is -0.0697. The monoisotopic (exact) mass is 399 g/mol. The highest BCUT2D eigenvalue weighted by molar-refractivity contribution is 5.91. The van der Waals surface area contributed by atoms with Gasteiger partial charge in [-0.25, -0.2) is 0 Å². The highest BCUT2D eigenvalue weighted by Gasteiger charge is 2.21. The topological polar surface area (TPSA) is 71.0 Å². The van der Waals surface area contributed by atoms with Crippen LogP contribution < -0.4 is 10.2 Å². The average molecular weight is 399 g/mol. The molecule has 0 radical (unpaired) electrons. The Hall–Kier alpha value is -3.54. The number of piperidine rings is 1. The summed E-state index contributed by atoms with van der Waals surface area (Å²) in [6.07, 6.45) is 8.56. The van der Waals surface area contributed by atoms with Crippen LogP contribution in [0.5, 0.6) is 0 Å². The minimum absolute atomic E-state index is 0.0697. The first-order valence-electron chi connectivity index (χ1n) is 10.2. The number of anilines is 1. The fourth-order valence-corrected chi connectivity index (χ4v) is 3.65. The van der Waals surface area contributed by atoms with E-state index < -0.39 is 0 Å². The average Bonchev–Trinajstić information content (AvgIpc) is 2.79. The van der Waals surface area contributed by atoms with Crippen LogP contribution in [0.15, 0.2) is 67.0 Å². The maximum absolute atomic E-state index is 12.2. The van der Waals surface area contributed by atoms with E-state index in [1.165, 1.54) is 5.56 Å². The lowest BCUT2D eigenvalue weighted by molar-refractivity contribution is -0.117. The van der Waals surface area contributed by atoms with Crippen LogP contribution in [0.1, 0.15) is 24.0 Å². The SMILES string of the molecule is Cc1ccccc1-c1ccc(N2CCC(NC(=O)C=Cc3cccnc3)CC2)nn1. The number of benzene rings is 1. The van der Waals surface area contributed by atoms with E-state index in [4.69, 9.17) is 0 Å². The molecule has 0 bridgehead atoms. The van der Waals surface area contributed by atoms with E-state index in [0.29, 0.717) is 0 Å². The van der Waals surface area contributed by atoms with Gasteiger partial charge < -0.3 is 10.2 Å². The lowest BCUT2D eigenvalue weighted by Crippen LogP contribution is -2.44. The Morgan fingerprint density at radius 2 is 1.90 bits per heavy atom. The van der Waals surface area contributed by atoms with Crippen LogP contribution >= 0.6 is 0 Å². The molecule has 1 N–H and O–H groups in total. The second-order valence-electron chi connectivity index (χ2n) is 7.48. The number of nitrogens with one attached hydrogen (secondary N) is 1. The third-order valence-corrected chi connectivity index (χ3v) is 5.35. The smallest absolute Gasteiger partial charge is 0.244 e. The molecule has 6 heteroatoms. The second kappa shape index (κ2) is 9.31. The molecule has 6 nitrogen and oxygen atoms in total. The Morgan fingerprint density at radius 3 is 2.60 bits per heavy atom. The molecule has 1 aliphatic heterocycles. The van der Waals surface area contributed by atoms with Crippen molar-refractivity contribution < 1.29 is 4.79 Å². The highest BCUT2D eigenvalue weighted by Crippen LogP contribution is 2.23. The summed E-state index contributed by atoms with van der Waals surface area (Å²) in [5.74, 6) is 0.813. The van der Waals surface area contributed by atoms with Gasteiger partial charge in [0, 0.05) is 43.2 Å². The van der Waals surface area contributed by atoms with Gasteiger partial charge in [0.1, 0.15) is 0 Å². The van der Waals surface area contributed by atoms with Crippen molar-refractivity contribution in [3.63, 3.8) is 0 Å². The summed E-state index contributed by atoms with van der Waals surface area (Å²) in [5.41, 5.74) is 4.10. The van der Waals surface area contributed by atoms with Crippen LogP contribution in [0, 0.1) is 6.92 Å². The van der Waals surface area contributed by atoms with E-state index in [2.05, 4.69) is 44.5 Å². The third-order valence-electron chi connectivity index (χ3n) is 5.35. The molecule has 1 amide bonds. The van der Waals surface area contributed by atoms with Crippen LogP contribution in [0.2, 0.25) is 0 Å². The Bertz CT molecular complexity index is 1010. The predicted molar refractivity (Wildman–Crippen MR) is 119 cm³/mol. The van der Waals surface area contributed by atoms with E-state index in [9.17, 15) is 4.79 Å². The Kier molecular flexibility index (Phi) is 6.13. The van der Waals surface area contributed by atoms with Crippen molar-refractivity contribution in [1.82, 2.24) is 20.5 Å². The van der Waals surface area contributed by atoms with Gasteiger partial charge in [0.25, 0.3) is 0 Å². The third kappa shape index (κ3) is 4.89. The van der Waals surface area contributed by atoms with Crippen LogP contribution in [0.25, 0.3) is 17.3 Å². The first kappa shape index (κ1) is 19.8. The fraction of sp³-hybridized carbons (Fsp3) is 0.250. The van der Waals surface area contributed by atoms with Gasteiger partial charge in [-0.3, -0.25) is 9.78 Å². The first-order chi connectivity index (χ1) is 14.7. The zero-order valence-corrected chi connectivity index (χ0v) is 17.0. The van der Waals surface area contributed by atoms with E-state index in [-0.39, 0.29) is 11.9 Å². The molecule has 1 aromatic carbocycles. The van der Waals surface area contributed by atoms with E-state index in [0.717, 1.165) is 48.6 Å². The van der Waals surface area contributed by atoms with Crippen molar-refractivity contribution in [2.24, 2.45) is 0 Å². The van der Waals surface area contributed by atoms with Gasteiger partial charge in [-0.1, -0.05) is 30.3 Å². The van der Waals surface area contributed by atoms with Gasteiger partial charge in [0.05, 0.1) is 5.69 Å². The van der Waals surface area contributed by atoms with E-state index in [1.54, 1.807) is 24.5 Å². The van der Waals surface area contributed by atoms with Crippen LogP contribution in [0.4, 0.5) is 5.82 Å². The molecule has 4 rings (SSSR count). The first-order valence-corrected chi connectivity index (χ1v) is 10.2. The van der Waals surface area contributed by atoms with Gasteiger partial charge in [-0.15, -0.1) is 10.2 Å². The molecule has 0 spiro atoms. The molecular weight excluding hydrogens is 374 g/mol. The van der Waals surface area contributed by atoms with Gasteiger partial charge in [-0.05, 0) is 55.2 Å². The lowest BCUT2D eigenvalue weighted by atomic mass is 10.0. The predicted octanol–water partition coefficient (Wildman–Crippen LogP) is 3.65. The number of carbonyl (C=O) groups excluding carboxylic acids is 1. The van der Waals surface area contributed by atoms with E-state index in [1.807, 2.05) is 36.4 Å². The second-order valence-corrected chi connectivity index (χ2v) is 7.48. The molecule has 0 unspecified atom stereocenters. The molecule has 1 aliphatic rings. The van der Waals surface area contributed by atoms with E-state index >= 15 is 0 Å². The van der Waals surface area contributed by atoms with Crippen molar-refractivity contribution in [3.8, 4) is 11.3 Å². The highest BCUT2D eigenvalue weighted by atomic mass is 16.1. The number of pyridine rings is 1. The molecule has 30 heavy (non-hydrogen) atoms. The van der Waals surface area contributed by atoms with Crippen LogP contribution in [-0.4, -0.2) is 40.2 Å². The van der Waals surface area contributed by atoms with Crippen molar-refractivity contribution in [2.45, 2.75) is 25.8 Å². The quantitative estimate of drug-likeness (QED) is 0.663. The Morgan fingerprint density at radius 1 is 1.07 bits per heavy atom. The molecule has 3 aromatic rings. The summed E-state index contributed by atoms with van der Waals surface area (Å²) in [7, 11) is 0. The molecule has 152 valence electrons. The number of hydrogen-bond donors (Lipinski definition) is 1. The Labute approximate surface area is 176 Å². The lowest BCUT2D eigenvalue weighted by Gasteiger charge is -2.32. The summed E-state index contributed by atoms with van der Waals surface area (Å²) in [5, 5.41) is 12.0. The summed E-state index contributed by atoms with van der Waals surface area (Å²) < 4.78 is 0. The molecule has 1 saturated heterocycles. The van der Waals surface area contributed by atoms with Gasteiger partial charge >= 0.3 is 0 Å². The standard InChI is InChI=1S/C24H25N5O/c1-18-5-2-3-7-21(18)22-9-10-23(28-27-22)29-15-12-20(13-16-29)26-24(30)11-8-19-6-4-14-25-17-19/h2-11,14,17,20H,12-13,15-16H2,1H3,(H,26,30). The molecule has 3 heterocycles. The number of aromatic nitrogens is 3. The number of hydrogen-bond acceptors (Lipinski definition) is 5. The van der Waals surface area contributed by atoms with Gasteiger partial charge in [0.15, 0.2) is 5.82 Å². The van der Waals surface area contributed by atoms with Crippen LogP contribution in [-0.2, 0) is 4.79 Å². The van der Waals surface area contributed by atoms with Gasteiger partial charge in [-0.2, -0.15) is 0 Å². The Balaban J connectivity index is 1.30. The fourth-order valence-electron chi connectivity index (χ4n) is 3.65. The molecule has 0 aliphatic carbocycles. The summed E-state index contributed by atoms with van der Waals surface area (Å²) in [6, 6.07) is 16.2. The zero-order valence-electron chi connectivity index (χ0n) is 17.0. The number of rotatable bonds is 5. The zero-order chi connectivity index (χ0) is 20.8. The number of nitrogens with zero attached hydrogens (tertiary/aromatic N) is 4. The van der Waals surface area contributed by atoms with Crippen molar-refractivity contribution in [2.75, 3.05) is 18.0 Å². The maximum Gasteiger partial charge on any atom is 0.244 e. The summed E-state index contributed by atoms with van der Waals surface area (Å²) >= 11 is 0. The normalized spacial score (nSPS) is 14.8. The number of amides is 1. The molecule has 0 atom stereocenters. The van der Waals surface area contributed by atoms with Crippen LogP contribution in [0.3, 0.4) is 0 Å². The summed E-state index contributed by atoms with van der Waals surface area (Å²) in [6.45, 7) is 3.77. The molecular formula is C24H25N5O. The maximum atomic E-state index is 12.2. The summed E-state index contributed by atoms with van der Waals surface area (Å²) in [4.78, 5) is 18.4. The number of carbonyl (C=O) groups is 1. The molecule has 2 aromatic heterocycles. The molecule has 0 saturated carbocycles. The van der Waals surface area contributed by atoms with Crippen molar-refractivity contribution in [3.05, 3.63) is 78.1 Å². The molecule has 1 fully saturated rings. The van der Waals surface area contributed by atoms with Gasteiger partial charge in [0.2, 0.25) is 5.91 Å². The largest absolute Gasteiger partial charge is 0.355 e. The van der Waals surface area contributed by atoms with Crippen molar-refractivity contribution in [1.29, 1.82) is 0 Å². The number of aryl methyl sites for hydroxylation is 1. The van der Waals surface area contributed by atoms with Crippen molar-refractivity contribution >= 4 is 17.8 Å².